The molecular formula is C24H23N3O5S. The molecule has 1 aliphatic rings. The molecule has 0 saturated carbocycles. The predicted molar refractivity (Wildman–Crippen MR) is 123 cm³/mol. The second-order valence-corrected chi connectivity index (χ2v) is 9.76. The Morgan fingerprint density at radius 3 is 2.03 bits per heavy atom. The number of nitro benzene ring substituents is 1. The van der Waals surface area contributed by atoms with Gasteiger partial charge in [0, 0.05) is 18.7 Å². The van der Waals surface area contributed by atoms with E-state index in [1.54, 1.807) is 0 Å². The smallest absolute Gasteiger partial charge is 0.289 e. The van der Waals surface area contributed by atoms with E-state index < -0.39 is 43.5 Å². The number of amides is 1. The number of hydrogen-bond acceptors (Lipinski definition) is 5. The van der Waals surface area contributed by atoms with Crippen molar-refractivity contribution in [3.63, 3.8) is 0 Å². The molecule has 0 aromatic heterocycles. The SMILES string of the molecule is O=C1N[C@@H](Cc2ccccc2)CN(S(=O)(=O)c2ccccc2[N+](=O)[O-])[C@H]1Cc1ccccc1. The number of nitrogens with one attached hydrogen (secondary N) is 1. The van der Waals surface area contributed by atoms with Crippen LogP contribution in [0.5, 0.6) is 0 Å². The Balaban J connectivity index is 1.73. The molecule has 1 saturated heterocycles. The standard InChI is InChI=1S/C24H23N3O5S/c28-24-22(16-19-11-5-2-6-12-19)26(17-20(25-24)15-18-9-3-1-4-10-18)33(31,32)23-14-8-7-13-21(23)27(29)30/h1-14,20,22H,15-17H2,(H,25,28)/t20-,22-/m0/s1. The lowest BCUT2D eigenvalue weighted by molar-refractivity contribution is -0.387. The highest BCUT2D eigenvalue weighted by molar-refractivity contribution is 7.89. The predicted octanol–water partition coefficient (Wildman–Crippen LogP) is 2.94. The van der Waals surface area contributed by atoms with Crippen molar-refractivity contribution >= 4 is 21.6 Å². The summed E-state index contributed by atoms with van der Waals surface area (Å²) in [6.07, 6.45) is 0.595. The van der Waals surface area contributed by atoms with Crippen LogP contribution in [0.25, 0.3) is 0 Å². The summed E-state index contributed by atoms with van der Waals surface area (Å²) >= 11 is 0. The maximum absolute atomic E-state index is 13.7. The first-order valence-electron chi connectivity index (χ1n) is 10.5. The lowest BCUT2D eigenvalue weighted by Gasteiger charge is -2.38. The zero-order valence-corrected chi connectivity index (χ0v) is 18.5. The Morgan fingerprint density at radius 2 is 1.42 bits per heavy atom. The van der Waals surface area contributed by atoms with E-state index in [0.29, 0.717) is 6.42 Å². The summed E-state index contributed by atoms with van der Waals surface area (Å²) < 4.78 is 28.5. The van der Waals surface area contributed by atoms with Gasteiger partial charge in [-0.2, -0.15) is 4.31 Å². The molecule has 3 aromatic carbocycles. The number of sulfonamides is 1. The van der Waals surface area contributed by atoms with Crippen LogP contribution in [0.4, 0.5) is 5.69 Å². The summed E-state index contributed by atoms with van der Waals surface area (Å²) in [5.74, 6) is -0.423. The van der Waals surface area contributed by atoms with Crippen LogP contribution in [0.2, 0.25) is 0 Å². The van der Waals surface area contributed by atoms with Crippen LogP contribution >= 0.6 is 0 Å². The van der Waals surface area contributed by atoms with Crippen molar-refractivity contribution in [2.24, 2.45) is 0 Å². The summed E-state index contributed by atoms with van der Waals surface area (Å²) in [6.45, 7) is 0.00646. The molecule has 170 valence electrons. The number of piperazine rings is 1. The molecule has 1 heterocycles. The zero-order chi connectivity index (χ0) is 23.4. The number of rotatable bonds is 7. The van der Waals surface area contributed by atoms with Gasteiger partial charge >= 0.3 is 0 Å². The number of para-hydroxylation sites is 1. The van der Waals surface area contributed by atoms with Crippen molar-refractivity contribution in [2.75, 3.05) is 6.54 Å². The summed E-state index contributed by atoms with van der Waals surface area (Å²) in [5, 5.41) is 14.5. The normalized spacial score (nSPS) is 19.1. The van der Waals surface area contributed by atoms with Crippen LogP contribution in [-0.2, 0) is 27.7 Å². The fraction of sp³-hybridized carbons (Fsp3) is 0.208. The van der Waals surface area contributed by atoms with E-state index in [1.807, 2.05) is 60.7 Å². The Bertz CT molecular complexity index is 1250. The summed E-state index contributed by atoms with van der Waals surface area (Å²) in [6, 6.07) is 22.3. The monoisotopic (exact) mass is 465 g/mol. The van der Waals surface area contributed by atoms with Crippen LogP contribution in [0.15, 0.2) is 89.8 Å². The van der Waals surface area contributed by atoms with Crippen molar-refractivity contribution in [3.8, 4) is 0 Å². The fourth-order valence-corrected chi connectivity index (χ4v) is 5.87. The first kappa shape index (κ1) is 22.6. The van der Waals surface area contributed by atoms with Crippen LogP contribution in [-0.4, -0.2) is 42.2 Å². The van der Waals surface area contributed by atoms with Crippen molar-refractivity contribution in [1.29, 1.82) is 0 Å². The number of benzene rings is 3. The quantitative estimate of drug-likeness (QED) is 0.426. The van der Waals surface area contributed by atoms with Crippen molar-refractivity contribution in [2.45, 2.75) is 29.8 Å². The van der Waals surface area contributed by atoms with Gasteiger partial charge in [-0.3, -0.25) is 14.9 Å². The van der Waals surface area contributed by atoms with E-state index in [9.17, 15) is 23.3 Å². The molecule has 1 fully saturated rings. The van der Waals surface area contributed by atoms with Gasteiger partial charge < -0.3 is 5.32 Å². The van der Waals surface area contributed by atoms with Crippen molar-refractivity contribution in [3.05, 3.63) is 106 Å². The van der Waals surface area contributed by atoms with E-state index in [0.717, 1.165) is 21.5 Å². The maximum atomic E-state index is 13.7. The number of nitrogens with zero attached hydrogens (tertiary/aromatic N) is 2. The molecule has 1 amide bonds. The first-order chi connectivity index (χ1) is 15.9. The molecule has 1 aliphatic heterocycles. The third-order valence-corrected chi connectivity index (χ3v) is 7.56. The molecule has 0 spiro atoms. The lowest BCUT2D eigenvalue weighted by Crippen LogP contribution is -2.62. The highest BCUT2D eigenvalue weighted by Crippen LogP contribution is 2.30. The molecule has 3 aromatic rings. The molecular weight excluding hydrogens is 442 g/mol. The minimum atomic E-state index is -4.33. The third-order valence-electron chi connectivity index (χ3n) is 5.64. The first-order valence-corrected chi connectivity index (χ1v) is 11.9. The molecule has 0 aliphatic carbocycles. The van der Waals surface area contributed by atoms with Gasteiger partial charge in [0.25, 0.3) is 15.7 Å². The molecule has 9 heteroatoms. The number of hydrogen-bond donors (Lipinski definition) is 1. The van der Waals surface area contributed by atoms with E-state index in [-0.39, 0.29) is 13.0 Å². The lowest BCUT2D eigenvalue weighted by atomic mass is 9.99. The van der Waals surface area contributed by atoms with Gasteiger partial charge in [0.2, 0.25) is 5.91 Å². The largest absolute Gasteiger partial charge is 0.350 e. The van der Waals surface area contributed by atoms with Crippen LogP contribution in [0.3, 0.4) is 0 Å². The topological polar surface area (TPSA) is 110 Å². The summed E-state index contributed by atoms with van der Waals surface area (Å²) in [7, 11) is -4.33. The van der Waals surface area contributed by atoms with Gasteiger partial charge in [0.05, 0.1) is 4.92 Å². The Labute approximate surface area is 192 Å². The average Bonchev–Trinajstić information content (AvgIpc) is 2.82. The second-order valence-electron chi connectivity index (χ2n) is 7.90. The molecule has 0 unspecified atom stereocenters. The van der Waals surface area contributed by atoms with E-state index in [1.165, 1.54) is 18.2 Å². The molecule has 2 atom stereocenters. The van der Waals surface area contributed by atoms with Crippen molar-refractivity contribution in [1.82, 2.24) is 9.62 Å². The minimum Gasteiger partial charge on any atom is -0.350 e. The Hall–Kier alpha value is -3.56. The summed E-state index contributed by atoms with van der Waals surface area (Å²) in [5.41, 5.74) is 1.23. The van der Waals surface area contributed by atoms with E-state index in [2.05, 4.69) is 5.32 Å². The molecule has 1 N–H and O–H groups in total. The van der Waals surface area contributed by atoms with Gasteiger partial charge in [-0.25, -0.2) is 8.42 Å². The fourth-order valence-electron chi connectivity index (χ4n) is 4.08. The van der Waals surface area contributed by atoms with E-state index >= 15 is 0 Å². The Kier molecular flexibility index (Phi) is 6.52. The minimum absolute atomic E-state index is 0.00646. The van der Waals surface area contributed by atoms with Crippen LogP contribution < -0.4 is 5.32 Å². The average molecular weight is 466 g/mol. The number of carbonyl (C=O) groups is 1. The molecule has 8 nitrogen and oxygen atoms in total. The van der Waals surface area contributed by atoms with E-state index in [4.69, 9.17) is 0 Å². The third kappa shape index (κ3) is 4.94. The highest BCUT2D eigenvalue weighted by atomic mass is 32.2. The molecule has 33 heavy (non-hydrogen) atoms. The van der Waals surface area contributed by atoms with Gasteiger partial charge in [-0.05, 0) is 30.0 Å². The maximum Gasteiger partial charge on any atom is 0.289 e. The van der Waals surface area contributed by atoms with Crippen LogP contribution in [0.1, 0.15) is 11.1 Å². The molecule has 4 rings (SSSR count). The molecule has 0 bridgehead atoms. The number of carbonyl (C=O) groups excluding carboxylic acids is 1. The zero-order valence-electron chi connectivity index (χ0n) is 17.7. The number of nitro groups is 1. The van der Waals surface area contributed by atoms with Gasteiger partial charge in [0.1, 0.15) is 6.04 Å². The molecule has 0 radical (unpaired) electrons. The Morgan fingerprint density at radius 1 is 0.879 bits per heavy atom. The highest BCUT2D eigenvalue weighted by Gasteiger charge is 2.43. The van der Waals surface area contributed by atoms with Gasteiger partial charge in [-0.1, -0.05) is 72.8 Å². The van der Waals surface area contributed by atoms with Gasteiger partial charge in [0.15, 0.2) is 4.90 Å². The van der Waals surface area contributed by atoms with Crippen molar-refractivity contribution < 1.29 is 18.1 Å². The van der Waals surface area contributed by atoms with Gasteiger partial charge in [-0.15, -0.1) is 0 Å². The second kappa shape index (κ2) is 9.51. The summed E-state index contributed by atoms with van der Waals surface area (Å²) in [4.78, 5) is 23.6. The van der Waals surface area contributed by atoms with Crippen LogP contribution in [0, 0.1) is 10.1 Å².